The van der Waals surface area contributed by atoms with E-state index in [1.807, 2.05) is 18.2 Å². The number of hydrogen-bond acceptors (Lipinski definition) is 4. The Bertz CT molecular complexity index is 1660. The highest BCUT2D eigenvalue weighted by Gasteiger charge is 2.36. The Morgan fingerprint density at radius 2 is 1.62 bits per heavy atom. The zero-order valence-corrected chi connectivity index (χ0v) is 26.9. The predicted octanol–water partition coefficient (Wildman–Crippen LogP) is 8.41. The number of rotatable bonds is 9. The minimum Gasteiger partial charge on any atom is -0.325 e. The number of anilines is 1. The molecule has 0 saturated carbocycles. The fourth-order valence-corrected chi connectivity index (χ4v) is 7.57. The highest BCUT2D eigenvalue weighted by Crippen LogP contribution is 2.41. The number of piperidine rings is 1. The number of nitriles is 1. The molecule has 45 heavy (non-hydrogen) atoms. The fraction of sp³-hybridized carbons (Fsp3) is 0.316. The topological polar surface area (TPSA) is 59.4 Å². The Morgan fingerprint density at radius 3 is 2.38 bits per heavy atom. The number of halogens is 2. The molecule has 0 spiro atoms. The third-order valence-electron chi connectivity index (χ3n) is 9.20. The standard InChI is InChI=1S/C38H38Cl2N4O/c39-33-22-34(40)24-35(23-33)42-37(45)26-44-19-15-32-21-31(30-10-4-8-28(20-30)25-41)11-12-36(32)38(44)29-13-17-43(18-14-29)16-5-9-27-6-2-1-3-7-27/h1-4,6-8,10-12,20-24,29,38H,5,9,13-19,26H2,(H,42,45). The highest BCUT2D eigenvalue weighted by atomic mass is 35.5. The molecule has 0 aliphatic carbocycles. The van der Waals surface area contributed by atoms with Crippen LogP contribution in [0.15, 0.2) is 91.0 Å². The minimum atomic E-state index is -0.0648. The summed E-state index contributed by atoms with van der Waals surface area (Å²) in [6, 6.07) is 32.8. The van der Waals surface area contributed by atoms with Crippen molar-refractivity contribution in [3.8, 4) is 17.2 Å². The maximum absolute atomic E-state index is 13.4. The smallest absolute Gasteiger partial charge is 0.238 e. The van der Waals surface area contributed by atoms with Crippen LogP contribution in [0, 0.1) is 17.2 Å². The van der Waals surface area contributed by atoms with E-state index < -0.39 is 0 Å². The third kappa shape index (κ3) is 7.95. The van der Waals surface area contributed by atoms with Gasteiger partial charge in [-0.15, -0.1) is 0 Å². The lowest BCUT2D eigenvalue weighted by molar-refractivity contribution is -0.118. The molecule has 0 aromatic heterocycles. The van der Waals surface area contributed by atoms with Gasteiger partial charge in [0.2, 0.25) is 5.91 Å². The summed E-state index contributed by atoms with van der Waals surface area (Å²) >= 11 is 12.4. The molecule has 7 heteroatoms. The van der Waals surface area contributed by atoms with E-state index in [0.29, 0.717) is 33.8 Å². The molecule has 1 fully saturated rings. The van der Waals surface area contributed by atoms with Crippen molar-refractivity contribution in [1.82, 2.24) is 9.80 Å². The molecule has 6 rings (SSSR count). The number of hydrogen-bond donors (Lipinski definition) is 1. The number of carbonyl (C=O) groups excluding carboxylic acids is 1. The number of aryl methyl sites for hydroxylation is 1. The van der Waals surface area contributed by atoms with E-state index >= 15 is 0 Å². The van der Waals surface area contributed by atoms with Crippen LogP contribution in [0.25, 0.3) is 11.1 Å². The number of amides is 1. The van der Waals surface area contributed by atoms with Crippen LogP contribution < -0.4 is 5.32 Å². The quantitative estimate of drug-likeness (QED) is 0.200. The van der Waals surface area contributed by atoms with E-state index in [1.54, 1.807) is 18.2 Å². The second kappa shape index (κ2) is 14.6. The number of benzene rings is 4. The summed E-state index contributed by atoms with van der Waals surface area (Å²) in [4.78, 5) is 18.3. The van der Waals surface area contributed by atoms with Gasteiger partial charge < -0.3 is 10.2 Å². The molecule has 0 bridgehead atoms. The monoisotopic (exact) mass is 636 g/mol. The molecule has 1 unspecified atom stereocenters. The molecule has 5 nitrogen and oxygen atoms in total. The fourth-order valence-electron chi connectivity index (χ4n) is 7.04. The SMILES string of the molecule is N#Cc1cccc(-c2ccc3c(c2)CCN(CC(=O)Nc2cc(Cl)cc(Cl)c2)C3C2CCN(CCCc3ccccc3)CC2)c1. The molecular formula is C38H38Cl2N4O. The molecule has 1 N–H and O–H groups in total. The van der Waals surface area contributed by atoms with E-state index in [1.165, 1.54) is 16.7 Å². The van der Waals surface area contributed by atoms with Crippen molar-refractivity contribution in [1.29, 1.82) is 5.26 Å². The summed E-state index contributed by atoms with van der Waals surface area (Å²) in [6.07, 6.45) is 5.34. The summed E-state index contributed by atoms with van der Waals surface area (Å²) < 4.78 is 0. The van der Waals surface area contributed by atoms with Crippen molar-refractivity contribution in [3.63, 3.8) is 0 Å². The third-order valence-corrected chi connectivity index (χ3v) is 9.64. The maximum Gasteiger partial charge on any atom is 0.238 e. The first-order chi connectivity index (χ1) is 21.9. The first-order valence-corrected chi connectivity index (χ1v) is 16.6. The second-order valence-corrected chi connectivity index (χ2v) is 13.1. The van der Waals surface area contributed by atoms with E-state index in [-0.39, 0.29) is 11.9 Å². The Morgan fingerprint density at radius 1 is 0.867 bits per heavy atom. The van der Waals surface area contributed by atoms with Gasteiger partial charge in [0.1, 0.15) is 0 Å². The zero-order valence-electron chi connectivity index (χ0n) is 25.4. The van der Waals surface area contributed by atoms with E-state index in [2.05, 4.69) is 75.8 Å². The van der Waals surface area contributed by atoms with E-state index in [9.17, 15) is 10.1 Å². The maximum atomic E-state index is 13.4. The van der Waals surface area contributed by atoms with Gasteiger partial charge in [0, 0.05) is 28.3 Å². The zero-order chi connectivity index (χ0) is 31.2. The number of nitrogens with zero attached hydrogens (tertiary/aromatic N) is 3. The Labute approximate surface area is 276 Å². The van der Waals surface area contributed by atoms with Crippen LogP contribution in [0.2, 0.25) is 10.0 Å². The Hall–Kier alpha value is -3.66. The van der Waals surface area contributed by atoms with Crippen molar-refractivity contribution >= 4 is 34.8 Å². The minimum absolute atomic E-state index is 0.0648. The lowest BCUT2D eigenvalue weighted by Gasteiger charge is -2.44. The summed E-state index contributed by atoms with van der Waals surface area (Å²) in [7, 11) is 0. The van der Waals surface area contributed by atoms with Crippen LogP contribution in [0.4, 0.5) is 5.69 Å². The van der Waals surface area contributed by atoms with Crippen molar-refractivity contribution in [2.24, 2.45) is 5.92 Å². The average Bonchev–Trinajstić information content (AvgIpc) is 3.05. The number of nitrogens with one attached hydrogen (secondary N) is 1. The summed E-state index contributed by atoms with van der Waals surface area (Å²) in [5.74, 6) is 0.390. The van der Waals surface area contributed by atoms with Crippen LogP contribution in [-0.2, 0) is 17.6 Å². The lowest BCUT2D eigenvalue weighted by Crippen LogP contribution is -2.46. The molecule has 2 aliphatic heterocycles. The number of carbonyl (C=O) groups is 1. The van der Waals surface area contributed by atoms with Gasteiger partial charge in [-0.25, -0.2) is 0 Å². The summed E-state index contributed by atoms with van der Waals surface area (Å²) in [5.41, 5.74) is 7.52. The van der Waals surface area contributed by atoms with Crippen LogP contribution >= 0.6 is 23.2 Å². The molecule has 2 aliphatic rings. The number of fused-ring (bicyclic) bond motifs is 1. The molecule has 2 heterocycles. The Kier molecular flexibility index (Phi) is 10.2. The van der Waals surface area contributed by atoms with Crippen LogP contribution in [0.3, 0.4) is 0 Å². The van der Waals surface area contributed by atoms with Gasteiger partial charge in [-0.05, 0) is 116 Å². The molecule has 1 amide bonds. The van der Waals surface area contributed by atoms with Crippen LogP contribution in [0.5, 0.6) is 0 Å². The van der Waals surface area contributed by atoms with E-state index in [0.717, 1.165) is 69.4 Å². The summed E-state index contributed by atoms with van der Waals surface area (Å²) in [6.45, 7) is 4.37. The second-order valence-electron chi connectivity index (χ2n) is 12.2. The van der Waals surface area contributed by atoms with Crippen molar-refractivity contribution in [2.45, 2.75) is 38.1 Å². The van der Waals surface area contributed by atoms with Crippen molar-refractivity contribution in [2.75, 3.05) is 38.0 Å². The van der Waals surface area contributed by atoms with Gasteiger partial charge >= 0.3 is 0 Å². The predicted molar refractivity (Wildman–Crippen MR) is 184 cm³/mol. The summed E-state index contributed by atoms with van der Waals surface area (Å²) in [5, 5.41) is 13.4. The van der Waals surface area contributed by atoms with E-state index in [4.69, 9.17) is 23.2 Å². The number of likely N-dealkylation sites (tertiary alicyclic amines) is 1. The van der Waals surface area contributed by atoms with Gasteiger partial charge in [0.25, 0.3) is 0 Å². The normalized spacial score (nSPS) is 17.4. The molecule has 4 aromatic rings. The van der Waals surface area contributed by atoms with Gasteiger partial charge in [-0.2, -0.15) is 5.26 Å². The van der Waals surface area contributed by atoms with Gasteiger partial charge in [0.05, 0.1) is 18.2 Å². The molecular weight excluding hydrogens is 599 g/mol. The van der Waals surface area contributed by atoms with Crippen LogP contribution in [0.1, 0.15) is 47.6 Å². The molecule has 1 saturated heterocycles. The molecule has 1 atom stereocenters. The lowest BCUT2D eigenvalue weighted by atomic mass is 9.79. The first kappa shape index (κ1) is 31.3. The van der Waals surface area contributed by atoms with Gasteiger partial charge in [0.15, 0.2) is 0 Å². The van der Waals surface area contributed by atoms with Crippen molar-refractivity contribution < 1.29 is 4.79 Å². The molecule has 230 valence electrons. The molecule has 4 aromatic carbocycles. The largest absolute Gasteiger partial charge is 0.325 e. The van der Waals surface area contributed by atoms with Gasteiger partial charge in [-0.1, -0.05) is 83.9 Å². The highest BCUT2D eigenvalue weighted by molar-refractivity contribution is 6.35. The first-order valence-electron chi connectivity index (χ1n) is 15.8. The average molecular weight is 638 g/mol. The van der Waals surface area contributed by atoms with Crippen molar-refractivity contribution in [3.05, 3.63) is 123 Å². The molecule has 0 radical (unpaired) electrons. The van der Waals surface area contributed by atoms with Crippen LogP contribution in [-0.4, -0.2) is 48.4 Å². The Balaban J connectivity index is 1.18. The van der Waals surface area contributed by atoms with Gasteiger partial charge in [-0.3, -0.25) is 9.69 Å².